The molecule has 0 saturated carbocycles. The summed E-state index contributed by atoms with van der Waals surface area (Å²) in [4.78, 5) is 16.9. The maximum absolute atomic E-state index is 11.8. The molecule has 0 bridgehead atoms. The Morgan fingerprint density at radius 1 is 1.25 bits per heavy atom. The Balaban J connectivity index is 1.81. The van der Waals surface area contributed by atoms with E-state index in [4.69, 9.17) is 16.0 Å². The Bertz CT molecular complexity index is 737. The molecule has 0 fully saturated rings. The van der Waals surface area contributed by atoms with Crippen molar-refractivity contribution in [2.75, 3.05) is 5.32 Å². The van der Waals surface area contributed by atoms with Gasteiger partial charge in [-0.1, -0.05) is 41.1 Å². The van der Waals surface area contributed by atoms with E-state index in [0.717, 1.165) is 10.4 Å². The van der Waals surface area contributed by atoms with Gasteiger partial charge in [-0.25, -0.2) is 4.98 Å². The predicted molar refractivity (Wildman–Crippen MR) is 79.2 cm³/mol. The SMILES string of the molecule is O=C(Nc1ncc(-c2ccccc2Cl)s1)c1ccco1. The van der Waals surface area contributed by atoms with Crippen LogP contribution in [0.4, 0.5) is 5.13 Å². The number of hydrogen-bond acceptors (Lipinski definition) is 4. The lowest BCUT2D eigenvalue weighted by molar-refractivity contribution is 0.0996. The van der Waals surface area contributed by atoms with Crippen molar-refractivity contribution in [2.24, 2.45) is 0 Å². The van der Waals surface area contributed by atoms with Crippen LogP contribution in [0.15, 0.2) is 53.3 Å². The van der Waals surface area contributed by atoms with Gasteiger partial charge in [0.2, 0.25) is 0 Å². The molecule has 1 aromatic carbocycles. The number of aromatic nitrogens is 1. The second-order valence-corrected chi connectivity index (χ2v) is 5.38. The molecule has 4 nitrogen and oxygen atoms in total. The molecule has 3 rings (SSSR count). The molecule has 3 aromatic rings. The van der Waals surface area contributed by atoms with E-state index in [-0.39, 0.29) is 11.7 Å². The Hall–Kier alpha value is -2.11. The van der Waals surface area contributed by atoms with Crippen molar-refractivity contribution in [3.63, 3.8) is 0 Å². The molecule has 0 unspecified atom stereocenters. The molecule has 0 aliphatic carbocycles. The van der Waals surface area contributed by atoms with Gasteiger partial charge in [-0.05, 0) is 18.2 Å². The number of benzene rings is 1. The number of nitrogens with zero attached hydrogens (tertiary/aromatic N) is 1. The number of halogens is 1. The highest BCUT2D eigenvalue weighted by molar-refractivity contribution is 7.19. The number of rotatable bonds is 3. The van der Waals surface area contributed by atoms with Crippen LogP contribution in [0.25, 0.3) is 10.4 Å². The smallest absolute Gasteiger partial charge is 0.293 e. The molecule has 0 atom stereocenters. The number of amides is 1. The molecule has 6 heteroatoms. The summed E-state index contributed by atoms with van der Waals surface area (Å²) in [7, 11) is 0. The summed E-state index contributed by atoms with van der Waals surface area (Å²) >= 11 is 7.49. The second-order valence-electron chi connectivity index (χ2n) is 3.94. The lowest BCUT2D eigenvalue weighted by Crippen LogP contribution is -2.10. The van der Waals surface area contributed by atoms with Gasteiger partial charge in [-0.3, -0.25) is 10.1 Å². The fourth-order valence-corrected chi connectivity index (χ4v) is 2.83. The Morgan fingerprint density at radius 3 is 2.85 bits per heavy atom. The van der Waals surface area contributed by atoms with Crippen LogP contribution in [0.3, 0.4) is 0 Å². The molecule has 0 saturated heterocycles. The maximum Gasteiger partial charge on any atom is 0.293 e. The van der Waals surface area contributed by atoms with Crippen molar-refractivity contribution in [3.05, 3.63) is 59.6 Å². The minimum absolute atomic E-state index is 0.250. The third-order valence-corrected chi connectivity index (χ3v) is 3.89. The average molecular weight is 305 g/mol. The minimum atomic E-state index is -0.324. The summed E-state index contributed by atoms with van der Waals surface area (Å²) in [5.41, 5.74) is 0.894. The third-order valence-electron chi connectivity index (χ3n) is 2.61. The van der Waals surface area contributed by atoms with Gasteiger partial charge in [0.1, 0.15) is 0 Å². The fourth-order valence-electron chi connectivity index (χ4n) is 1.68. The number of carbonyl (C=O) groups excluding carboxylic acids is 1. The van der Waals surface area contributed by atoms with E-state index in [2.05, 4.69) is 10.3 Å². The fraction of sp³-hybridized carbons (Fsp3) is 0. The molecule has 1 amide bonds. The normalized spacial score (nSPS) is 10.4. The number of thiazole rings is 1. The first-order valence-corrected chi connectivity index (χ1v) is 6.99. The monoisotopic (exact) mass is 304 g/mol. The number of nitrogens with one attached hydrogen (secondary N) is 1. The molecule has 2 aromatic heterocycles. The molecule has 1 N–H and O–H groups in total. The van der Waals surface area contributed by atoms with Gasteiger partial charge in [0.15, 0.2) is 10.9 Å². The van der Waals surface area contributed by atoms with Gasteiger partial charge >= 0.3 is 0 Å². The summed E-state index contributed by atoms with van der Waals surface area (Å²) < 4.78 is 5.02. The van der Waals surface area contributed by atoms with Crippen LogP contribution in [0.2, 0.25) is 5.02 Å². The molecule has 0 radical (unpaired) electrons. The van der Waals surface area contributed by atoms with Crippen molar-refractivity contribution < 1.29 is 9.21 Å². The minimum Gasteiger partial charge on any atom is -0.459 e. The highest BCUT2D eigenvalue weighted by atomic mass is 35.5. The van der Waals surface area contributed by atoms with Crippen LogP contribution in [0.5, 0.6) is 0 Å². The van der Waals surface area contributed by atoms with E-state index < -0.39 is 0 Å². The zero-order valence-corrected chi connectivity index (χ0v) is 11.7. The van der Waals surface area contributed by atoms with Crippen molar-refractivity contribution in [3.8, 4) is 10.4 Å². The molecule has 0 aliphatic rings. The van der Waals surface area contributed by atoms with Gasteiger partial charge in [0.05, 0.1) is 11.1 Å². The third kappa shape index (κ3) is 2.59. The van der Waals surface area contributed by atoms with Gasteiger partial charge in [0, 0.05) is 16.8 Å². The number of furan rings is 1. The van der Waals surface area contributed by atoms with E-state index in [9.17, 15) is 4.79 Å². The van der Waals surface area contributed by atoms with E-state index in [1.165, 1.54) is 17.6 Å². The second kappa shape index (κ2) is 5.48. The average Bonchev–Trinajstić information content (AvgIpc) is 3.10. The predicted octanol–water partition coefficient (Wildman–Crippen LogP) is 4.31. The lowest BCUT2D eigenvalue weighted by Gasteiger charge is -1.99. The van der Waals surface area contributed by atoms with E-state index in [0.29, 0.717) is 10.2 Å². The number of hydrogen-bond donors (Lipinski definition) is 1. The first-order valence-electron chi connectivity index (χ1n) is 5.79. The van der Waals surface area contributed by atoms with Gasteiger partial charge in [0.25, 0.3) is 5.91 Å². The van der Waals surface area contributed by atoms with Gasteiger partial charge in [-0.2, -0.15) is 0 Å². The standard InChI is InChI=1S/C14H9ClN2O2S/c15-10-5-2-1-4-9(10)12-8-16-14(20-12)17-13(18)11-6-3-7-19-11/h1-8H,(H,16,17,18). The number of carbonyl (C=O) groups is 1. The van der Waals surface area contributed by atoms with Crippen molar-refractivity contribution >= 4 is 34.0 Å². The zero-order valence-electron chi connectivity index (χ0n) is 10.2. The molecule has 2 heterocycles. The summed E-state index contributed by atoms with van der Waals surface area (Å²) in [6.07, 6.45) is 3.13. The van der Waals surface area contributed by atoms with Crippen molar-refractivity contribution in [2.45, 2.75) is 0 Å². The molecule has 0 aliphatic heterocycles. The highest BCUT2D eigenvalue weighted by Gasteiger charge is 2.12. The van der Waals surface area contributed by atoms with Crippen LogP contribution in [0.1, 0.15) is 10.6 Å². The number of anilines is 1. The largest absolute Gasteiger partial charge is 0.459 e. The molecule has 20 heavy (non-hydrogen) atoms. The van der Waals surface area contributed by atoms with Gasteiger partial charge < -0.3 is 4.42 Å². The quantitative estimate of drug-likeness (QED) is 0.784. The van der Waals surface area contributed by atoms with Crippen LogP contribution in [0, 0.1) is 0 Å². The highest BCUT2D eigenvalue weighted by Crippen LogP contribution is 2.33. The molecular weight excluding hydrogens is 296 g/mol. The van der Waals surface area contributed by atoms with Gasteiger partial charge in [-0.15, -0.1) is 0 Å². The van der Waals surface area contributed by atoms with E-state index in [1.807, 2.05) is 24.3 Å². The molecular formula is C14H9ClN2O2S. The Morgan fingerprint density at radius 2 is 2.10 bits per heavy atom. The van der Waals surface area contributed by atoms with E-state index in [1.54, 1.807) is 18.3 Å². The first-order chi connectivity index (χ1) is 9.74. The van der Waals surface area contributed by atoms with E-state index >= 15 is 0 Å². The maximum atomic E-state index is 11.8. The molecule has 0 spiro atoms. The topological polar surface area (TPSA) is 55.1 Å². The van der Waals surface area contributed by atoms with Crippen LogP contribution in [-0.4, -0.2) is 10.9 Å². The molecule has 100 valence electrons. The Labute approximate surface area is 124 Å². The summed E-state index contributed by atoms with van der Waals surface area (Å²) in [6.45, 7) is 0. The van der Waals surface area contributed by atoms with Crippen LogP contribution < -0.4 is 5.32 Å². The lowest BCUT2D eigenvalue weighted by atomic mass is 10.2. The van der Waals surface area contributed by atoms with Crippen LogP contribution in [-0.2, 0) is 0 Å². The zero-order chi connectivity index (χ0) is 13.9. The van der Waals surface area contributed by atoms with Crippen molar-refractivity contribution in [1.82, 2.24) is 4.98 Å². The summed E-state index contributed by atoms with van der Waals surface area (Å²) in [5.74, 6) is -0.0745. The first kappa shape index (κ1) is 12.9. The van der Waals surface area contributed by atoms with Crippen molar-refractivity contribution in [1.29, 1.82) is 0 Å². The van der Waals surface area contributed by atoms with Crippen LogP contribution >= 0.6 is 22.9 Å². The summed E-state index contributed by atoms with van der Waals surface area (Å²) in [6, 6.07) is 10.8. The Kier molecular flexibility index (Phi) is 3.54. The summed E-state index contributed by atoms with van der Waals surface area (Å²) in [5, 5.41) is 3.84.